The van der Waals surface area contributed by atoms with E-state index < -0.39 is 0 Å². The molecule has 0 nitrogen and oxygen atoms in total. The fourth-order valence-corrected chi connectivity index (χ4v) is 5.65. The van der Waals surface area contributed by atoms with Gasteiger partial charge in [0.25, 0.3) is 0 Å². The van der Waals surface area contributed by atoms with Crippen molar-refractivity contribution in [2.75, 3.05) is 5.75 Å². The maximum absolute atomic E-state index is 6.70. The van der Waals surface area contributed by atoms with Gasteiger partial charge in [-0.2, -0.15) is 0 Å². The molecule has 0 bridgehead atoms. The molecule has 1 heterocycles. The Labute approximate surface area is 139 Å². The van der Waals surface area contributed by atoms with Crippen LogP contribution < -0.4 is 0 Å². The van der Waals surface area contributed by atoms with Crippen molar-refractivity contribution in [2.24, 2.45) is 17.3 Å². The van der Waals surface area contributed by atoms with Crippen LogP contribution in [0.5, 0.6) is 0 Å². The first kappa shape index (κ1) is 15.7. The Morgan fingerprint density at radius 2 is 1.95 bits per heavy atom. The zero-order valence-electron chi connectivity index (χ0n) is 13.4. The number of hydrogen-bond acceptors (Lipinski definition) is 1. The molecule has 1 aliphatic carbocycles. The predicted octanol–water partition coefficient (Wildman–Crippen LogP) is 6.34. The molecule has 0 N–H and O–H groups in total. The van der Waals surface area contributed by atoms with Gasteiger partial charge in [-0.3, -0.25) is 0 Å². The van der Waals surface area contributed by atoms with E-state index in [1.165, 1.54) is 36.3 Å². The number of thioether (sulfide) groups is 1. The Hall–Kier alpha value is -0.140. The van der Waals surface area contributed by atoms with Gasteiger partial charge in [0, 0.05) is 16.0 Å². The van der Waals surface area contributed by atoms with Gasteiger partial charge >= 0.3 is 0 Å². The Kier molecular flexibility index (Phi) is 4.62. The molecule has 4 atom stereocenters. The minimum atomic E-state index is 0.390. The first-order chi connectivity index (χ1) is 9.95. The average molecular weight is 323 g/mol. The van der Waals surface area contributed by atoms with Gasteiger partial charge in [0.1, 0.15) is 0 Å². The highest BCUT2D eigenvalue weighted by Crippen LogP contribution is 2.48. The van der Waals surface area contributed by atoms with Crippen molar-refractivity contribution >= 4 is 23.4 Å². The molecule has 3 rings (SSSR count). The van der Waals surface area contributed by atoms with Crippen LogP contribution in [0.4, 0.5) is 0 Å². The molecule has 1 aromatic rings. The van der Waals surface area contributed by atoms with Crippen LogP contribution in [0.3, 0.4) is 0 Å². The van der Waals surface area contributed by atoms with Gasteiger partial charge in [0.15, 0.2) is 0 Å². The lowest BCUT2D eigenvalue weighted by Gasteiger charge is -2.40. The second kappa shape index (κ2) is 6.16. The highest BCUT2D eigenvalue weighted by molar-refractivity contribution is 7.99. The fraction of sp³-hybridized carbons (Fsp3) is 0.684. The van der Waals surface area contributed by atoms with Crippen LogP contribution in [0.2, 0.25) is 0 Å². The minimum absolute atomic E-state index is 0.390. The van der Waals surface area contributed by atoms with Crippen molar-refractivity contribution in [3.63, 3.8) is 0 Å². The summed E-state index contributed by atoms with van der Waals surface area (Å²) >= 11 is 8.73. The van der Waals surface area contributed by atoms with Crippen LogP contribution >= 0.6 is 23.4 Å². The molecular formula is C19H27ClS. The topological polar surface area (TPSA) is 0 Å². The molecule has 0 radical (unpaired) electrons. The van der Waals surface area contributed by atoms with Crippen molar-refractivity contribution in [2.45, 2.75) is 62.6 Å². The molecule has 0 saturated heterocycles. The standard InChI is InChI=1S/C19H27ClS/c1-19(2,3)15-8-9-17(20)13(11-15)10-14-12-21-18-7-5-4-6-16(14)18/h4-7,13-15,17H,8-12H2,1-3H3. The summed E-state index contributed by atoms with van der Waals surface area (Å²) in [6, 6.07) is 8.95. The number of fused-ring (bicyclic) bond motifs is 1. The van der Waals surface area contributed by atoms with E-state index in [2.05, 4.69) is 45.0 Å². The van der Waals surface area contributed by atoms with Gasteiger partial charge in [-0.25, -0.2) is 0 Å². The van der Waals surface area contributed by atoms with Crippen LogP contribution in [0.25, 0.3) is 0 Å². The van der Waals surface area contributed by atoms with Gasteiger partial charge in [-0.05, 0) is 60.5 Å². The summed E-state index contributed by atoms with van der Waals surface area (Å²) in [7, 11) is 0. The first-order valence-corrected chi connectivity index (χ1v) is 9.73. The van der Waals surface area contributed by atoms with Crippen LogP contribution in [0.15, 0.2) is 29.2 Å². The monoisotopic (exact) mass is 322 g/mol. The molecule has 21 heavy (non-hydrogen) atoms. The molecule has 1 saturated carbocycles. The van der Waals surface area contributed by atoms with E-state index in [9.17, 15) is 0 Å². The maximum Gasteiger partial charge on any atom is 0.0364 e. The van der Waals surface area contributed by atoms with Gasteiger partial charge < -0.3 is 0 Å². The molecule has 0 aromatic heterocycles. The van der Waals surface area contributed by atoms with E-state index in [1.807, 2.05) is 11.8 Å². The van der Waals surface area contributed by atoms with Crippen LogP contribution in [-0.4, -0.2) is 11.1 Å². The summed E-state index contributed by atoms with van der Waals surface area (Å²) in [5, 5.41) is 0.390. The predicted molar refractivity (Wildman–Crippen MR) is 94.5 cm³/mol. The lowest BCUT2D eigenvalue weighted by Crippen LogP contribution is -2.33. The number of halogens is 1. The molecule has 1 aromatic carbocycles. The van der Waals surface area contributed by atoms with E-state index >= 15 is 0 Å². The van der Waals surface area contributed by atoms with Crippen molar-refractivity contribution in [3.8, 4) is 0 Å². The minimum Gasteiger partial charge on any atom is -0.125 e. The third kappa shape index (κ3) is 3.45. The normalized spacial score (nSPS) is 33.0. The number of hydrogen-bond donors (Lipinski definition) is 0. The lowest BCUT2D eigenvalue weighted by atomic mass is 9.67. The fourth-order valence-electron chi connectivity index (χ4n) is 4.05. The Bertz CT molecular complexity index is 491. The highest BCUT2D eigenvalue weighted by atomic mass is 35.5. The molecule has 1 aliphatic heterocycles. The van der Waals surface area contributed by atoms with Crippen molar-refractivity contribution in [1.29, 1.82) is 0 Å². The summed E-state index contributed by atoms with van der Waals surface area (Å²) in [5.74, 6) is 3.50. The summed E-state index contributed by atoms with van der Waals surface area (Å²) in [5.41, 5.74) is 2.00. The van der Waals surface area contributed by atoms with Crippen LogP contribution in [-0.2, 0) is 0 Å². The second-order valence-corrected chi connectivity index (χ2v) is 9.56. The van der Waals surface area contributed by atoms with E-state index in [-0.39, 0.29) is 0 Å². The molecule has 2 heteroatoms. The van der Waals surface area contributed by atoms with Crippen molar-refractivity contribution in [3.05, 3.63) is 29.8 Å². The van der Waals surface area contributed by atoms with E-state index in [0.29, 0.717) is 16.7 Å². The quantitative estimate of drug-likeness (QED) is 0.573. The number of benzene rings is 1. The van der Waals surface area contributed by atoms with Crippen LogP contribution in [0.1, 0.15) is 57.9 Å². The summed E-state index contributed by atoms with van der Waals surface area (Å²) in [4.78, 5) is 1.50. The molecular weight excluding hydrogens is 296 g/mol. The molecule has 116 valence electrons. The van der Waals surface area contributed by atoms with E-state index in [4.69, 9.17) is 11.6 Å². The Balaban J connectivity index is 1.69. The lowest BCUT2D eigenvalue weighted by molar-refractivity contribution is 0.137. The van der Waals surface area contributed by atoms with E-state index in [0.717, 1.165) is 11.8 Å². The summed E-state index contributed by atoms with van der Waals surface area (Å²) in [6.45, 7) is 7.18. The first-order valence-electron chi connectivity index (χ1n) is 8.31. The maximum atomic E-state index is 6.70. The Morgan fingerprint density at radius 3 is 2.71 bits per heavy atom. The molecule has 0 amide bonds. The number of rotatable bonds is 2. The molecule has 0 spiro atoms. The van der Waals surface area contributed by atoms with Gasteiger partial charge in [0.2, 0.25) is 0 Å². The van der Waals surface area contributed by atoms with E-state index in [1.54, 1.807) is 5.56 Å². The van der Waals surface area contributed by atoms with Gasteiger partial charge in [-0.1, -0.05) is 39.0 Å². The third-order valence-electron chi connectivity index (χ3n) is 5.50. The third-order valence-corrected chi connectivity index (χ3v) is 7.33. The summed E-state index contributed by atoms with van der Waals surface area (Å²) < 4.78 is 0. The largest absolute Gasteiger partial charge is 0.125 e. The zero-order valence-corrected chi connectivity index (χ0v) is 15.0. The second-order valence-electron chi connectivity index (χ2n) is 7.93. The van der Waals surface area contributed by atoms with Gasteiger partial charge in [0.05, 0.1) is 0 Å². The molecule has 2 aliphatic rings. The SMILES string of the molecule is CC(C)(C)C1CCC(Cl)C(CC2CSc3ccccc32)C1. The van der Waals surface area contributed by atoms with Gasteiger partial charge in [-0.15, -0.1) is 23.4 Å². The smallest absolute Gasteiger partial charge is 0.0364 e. The van der Waals surface area contributed by atoms with Crippen molar-refractivity contribution in [1.82, 2.24) is 0 Å². The number of alkyl halides is 1. The average Bonchev–Trinajstić information content (AvgIpc) is 2.83. The molecule has 4 unspecified atom stereocenters. The Morgan fingerprint density at radius 1 is 1.19 bits per heavy atom. The highest BCUT2D eigenvalue weighted by Gasteiger charge is 2.37. The van der Waals surface area contributed by atoms with Crippen molar-refractivity contribution < 1.29 is 0 Å². The molecule has 1 fully saturated rings. The zero-order chi connectivity index (χ0) is 15.0. The van der Waals surface area contributed by atoms with Crippen LogP contribution in [0, 0.1) is 17.3 Å². The summed E-state index contributed by atoms with van der Waals surface area (Å²) in [6.07, 6.45) is 5.12.